The van der Waals surface area contributed by atoms with Gasteiger partial charge in [0.15, 0.2) is 17.4 Å². The second-order valence-electron chi connectivity index (χ2n) is 13.6. The number of aromatic nitrogens is 4. The van der Waals surface area contributed by atoms with Crippen molar-refractivity contribution < 1.29 is 32.7 Å². The van der Waals surface area contributed by atoms with E-state index >= 15 is 4.39 Å². The molecule has 0 bridgehead atoms. The van der Waals surface area contributed by atoms with Crippen LogP contribution in [-0.4, -0.2) is 87.5 Å². The zero-order valence-electron chi connectivity index (χ0n) is 30.7. The topological polar surface area (TPSA) is 159 Å². The fraction of sp³-hybridized carbons (Fsp3) is 0.395. The van der Waals surface area contributed by atoms with Gasteiger partial charge < -0.3 is 38.9 Å². The minimum Gasteiger partial charge on any atom is -0.474 e. The zero-order valence-corrected chi connectivity index (χ0v) is 31.5. The molecule has 0 aliphatic carbocycles. The lowest BCUT2D eigenvalue weighted by Gasteiger charge is -2.26. The standard InChI is InChI=1S/C37H39F2N7O5S.CH4O/c1-20(2)28(18-47)31-12-32(43-51-31)50-8-7-45-6-5-24(16-45)42-36(48)25-11-30-26(9-21(25)19-52-4)27-17-44(3)37(49)34-33(27)22(13-40-34)15-46(30)35-29(39)10-23(38)14-41-35;1-2/h9-14,17-18,20,24,28,40H,5-8,15-16,19H2,1-4H3,(H,42,48);2H,1H3. The van der Waals surface area contributed by atoms with Gasteiger partial charge in [0.05, 0.1) is 24.3 Å². The highest BCUT2D eigenvalue weighted by Gasteiger charge is 2.31. The molecule has 0 radical (unpaired) electrons. The number of hydrogen-bond donors (Lipinski definition) is 3. The van der Waals surface area contributed by atoms with Crippen LogP contribution in [0.5, 0.6) is 5.88 Å². The molecule has 0 spiro atoms. The van der Waals surface area contributed by atoms with Crippen molar-refractivity contribution in [1.82, 2.24) is 29.9 Å². The van der Waals surface area contributed by atoms with E-state index in [0.29, 0.717) is 64.8 Å². The number of likely N-dealkylation sites (tertiary alicyclic amines) is 1. The molecule has 2 atom stereocenters. The number of aliphatic hydroxyl groups excluding tert-OH is 1. The van der Waals surface area contributed by atoms with Gasteiger partial charge in [-0.05, 0) is 47.0 Å². The second-order valence-corrected chi connectivity index (χ2v) is 14.5. The van der Waals surface area contributed by atoms with E-state index < -0.39 is 11.6 Å². The number of aldehydes is 1. The monoisotopic (exact) mass is 763 g/mol. The first kappa shape index (κ1) is 38.7. The van der Waals surface area contributed by atoms with Crippen LogP contribution in [0, 0.1) is 17.6 Å². The van der Waals surface area contributed by atoms with Crippen LogP contribution in [0.2, 0.25) is 0 Å². The number of rotatable bonds is 12. The number of nitrogens with one attached hydrogen (secondary N) is 2. The first-order chi connectivity index (χ1) is 26.1. The van der Waals surface area contributed by atoms with Crippen LogP contribution in [0.25, 0.3) is 22.0 Å². The Hall–Kier alpha value is -5.06. The van der Waals surface area contributed by atoms with E-state index in [1.165, 1.54) is 4.57 Å². The zero-order chi connectivity index (χ0) is 38.7. The number of ether oxygens (including phenoxy) is 1. The van der Waals surface area contributed by atoms with Gasteiger partial charge in [-0.1, -0.05) is 13.8 Å². The smallest absolute Gasteiger partial charge is 0.274 e. The van der Waals surface area contributed by atoms with E-state index in [4.69, 9.17) is 14.4 Å². The quantitative estimate of drug-likeness (QED) is 0.145. The molecule has 3 N–H and O–H groups in total. The van der Waals surface area contributed by atoms with Gasteiger partial charge in [-0.15, -0.1) is 0 Å². The van der Waals surface area contributed by atoms with Crippen molar-refractivity contribution in [1.29, 1.82) is 0 Å². The Balaban J connectivity index is 0.00000245. The van der Waals surface area contributed by atoms with Crippen molar-refractivity contribution in [2.45, 2.75) is 44.5 Å². The number of H-pyrrole nitrogens is 1. The summed E-state index contributed by atoms with van der Waals surface area (Å²) in [6.45, 7) is 6.32. The Kier molecular flexibility index (Phi) is 11.8. The maximum absolute atomic E-state index is 15.4. The molecule has 54 heavy (non-hydrogen) atoms. The van der Waals surface area contributed by atoms with Gasteiger partial charge >= 0.3 is 0 Å². The molecule has 286 valence electrons. The SMILES string of the molecule is CO.CSCc1cc2c(cc1C(=O)NC1CCN(CCOc3cc(C(C=O)C(C)C)on3)C1)N(c1ncc(F)cc1F)Cc1c[nH]c3c(=O)n(C)cc-2c13. The molecule has 1 aromatic carbocycles. The van der Waals surface area contributed by atoms with Crippen LogP contribution >= 0.6 is 11.8 Å². The Morgan fingerprint density at radius 3 is 2.74 bits per heavy atom. The van der Waals surface area contributed by atoms with Gasteiger partial charge in [0.2, 0.25) is 0 Å². The first-order valence-electron chi connectivity index (χ1n) is 17.5. The molecular formula is C38H43F2N7O6S. The van der Waals surface area contributed by atoms with Gasteiger partial charge in [-0.2, -0.15) is 11.8 Å². The third kappa shape index (κ3) is 7.63. The summed E-state index contributed by atoms with van der Waals surface area (Å²) in [7, 11) is 2.67. The molecule has 1 saturated heterocycles. The Bertz CT molecular complexity index is 2220. The van der Waals surface area contributed by atoms with Crippen LogP contribution in [-0.2, 0) is 24.1 Å². The third-order valence-corrected chi connectivity index (χ3v) is 10.4. The lowest BCUT2D eigenvalue weighted by Crippen LogP contribution is -2.38. The van der Waals surface area contributed by atoms with Gasteiger partial charge in [0.25, 0.3) is 17.3 Å². The number of nitrogens with zero attached hydrogens (tertiary/aromatic N) is 5. The molecule has 7 rings (SSSR count). The maximum atomic E-state index is 15.4. The number of aromatic amines is 1. The minimum atomic E-state index is -0.849. The van der Waals surface area contributed by atoms with E-state index in [2.05, 4.69) is 25.3 Å². The summed E-state index contributed by atoms with van der Waals surface area (Å²) in [5.74, 6) is -1.00. The second kappa shape index (κ2) is 16.5. The number of amides is 1. The average Bonchev–Trinajstić information content (AvgIpc) is 3.89. The number of hydrogen-bond acceptors (Lipinski definition) is 11. The molecule has 16 heteroatoms. The number of anilines is 2. The van der Waals surface area contributed by atoms with Crippen LogP contribution in [0.4, 0.5) is 20.3 Å². The van der Waals surface area contributed by atoms with E-state index in [9.17, 15) is 18.8 Å². The van der Waals surface area contributed by atoms with Crippen LogP contribution in [0.15, 0.2) is 52.2 Å². The van der Waals surface area contributed by atoms with Crippen molar-refractivity contribution in [3.63, 3.8) is 0 Å². The highest BCUT2D eigenvalue weighted by Crippen LogP contribution is 2.45. The number of fused-ring (bicyclic) bond motifs is 2. The number of benzene rings is 1. The predicted molar refractivity (Wildman–Crippen MR) is 202 cm³/mol. The lowest BCUT2D eigenvalue weighted by atomic mass is 9.95. The fourth-order valence-corrected chi connectivity index (χ4v) is 7.67. The molecule has 2 unspecified atom stereocenters. The van der Waals surface area contributed by atoms with Crippen molar-refractivity contribution in [2.75, 3.05) is 44.5 Å². The van der Waals surface area contributed by atoms with Gasteiger partial charge in [0.1, 0.15) is 24.2 Å². The number of carbonyl (C=O) groups is 2. The first-order valence-corrected chi connectivity index (χ1v) is 18.9. The number of halogens is 2. The van der Waals surface area contributed by atoms with Gasteiger partial charge in [-0.3, -0.25) is 14.5 Å². The third-order valence-electron chi connectivity index (χ3n) is 9.77. The maximum Gasteiger partial charge on any atom is 0.274 e. The molecular weight excluding hydrogens is 721 g/mol. The number of aliphatic hydroxyl groups is 1. The molecule has 6 heterocycles. The van der Waals surface area contributed by atoms with Gasteiger partial charge in [0, 0.05) is 92.2 Å². The normalized spacial score (nSPS) is 15.8. The van der Waals surface area contributed by atoms with Crippen molar-refractivity contribution in [2.24, 2.45) is 13.0 Å². The molecule has 13 nitrogen and oxygen atoms in total. The largest absolute Gasteiger partial charge is 0.474 e. The van der Waals surface area contributed by atoms with Crippen LogP contribution < -0.4 is 20.5 Å². The van der Waals surface area contributed by atoms with Crippen molar-refractivity contribution in [3.8, 4) is 17.0 Å². The number of thioether (sulfide) groups is 1. The van der Waals surface area contributed by atoms with Crippen molar-refractivity contribution >= 4 is 46.4 Å². The Morgan fingerprint density at radius 1 is 1.22 bits per heavy atom. The van der Waals surface area contributed by atoms with E-state index in [-0.39, 0.29) is 41.7 Å². The summed E-state index contributed by atoms with van der Waals surface area (Å²) in [4.78, 5) is 49.7. The van der Waals surface area contributed by atoms with E-state index in [1.54, 1.807) is 48.2 Å². The predicted octanol–water partition coefficient (Wildman–Crippen LogP) is 5.14. The molecule has 5 aromatic rings. The fourth-order valence-electron chi connectivity index (χ4n) is 7.12. The number of pyridine rings is 2. The molecule has 1 amide bonds. The molecule has 1 fully saturated rings. The lowest BCUT2D eigenvalue weighted by molar-refractivity contribution is -0.110. The summed E-state index contributed by atoms with van der Waals surface area (Å²) < 4.78 is 42.1. The molecule has 0 saturated carbocycles. The number of carbonyl (C=O) groups excluding carboxylic acids is 2. The Labute approximate surface area is 314 Å². The summed E-state index contributed by atoms with van der Waals surface area (Å²) in [6, 6.07) is 6.01. The van der Waals surface area contributed by atoms with Gasteiger partial charge in [-0.25, -0.2) is 13.8 Å². The summed E-state index contributed by atoms with van der Waals surface area (Å²) in [5, 5.41) is 14.9. The van der Waals surface area contributed by atoms with E-state index in [1.807, 2.05) is 26.2 Å². The van der Waals surface area contributed by atoms with Crippen molar-refractivity contribution in [3.05, 3.63) is 87.3 Å². The molecule has 2 aliphatic heterocycles. The van der Waals surface area contributed by atoms with E-state index in [0.717, 1.165) is 55.3 Å². The Morgan fingerprint density at radius 2 is 2.02 bits per heavy atom. The summed E-state index contributed by atoms with van der Waals surface area (Å²) in [5.41, 5.74) is 4.13. The minimum absolute atomic E-state index is 0.0744. The summed E-state index contributed by atoms with van der Waals surface area (Å²) in [6.07, 6.45) is 7.98. The molecule has 2 aliphatic rings. The van der Waals surface area contributed by atoms with Crippen LogP contribution in [0.1, 0.15) is 53.4 Å². The highest BCUT2D eigenvalue weighted by atomic mass is 32.2. The molecule has 4 aromatic heterocycles. The van der Waals surface area contributed by atoms with Crippen LogP contribution in [0.3, 0.4) is 0 Å². The number of aryl methyl sites for hydroxylation is 1. The summed E-state index contributed by atoms with van der Waals surface area (Å²) >= 11 is 1.56. The average molecular weight is 764 g/mol. The highest BCUT2D eigenvalue weighted by molar-refractivity contribution is 7.97.